The SMILES string of the molecule is c1ccc(-c2ccc(-c3nc(-c4ccc(-c5ccccc5)cc4)nc(-c4ccc(-c5ccc(-n6c7ccccc7c7cc(-c8ccccc8)ccc76)cc5)cc4)n3)cc2)cc1.c1ccc(-c2cccc(-c3nc(-c4ccc(-c5ccc(-n6c7ccccc7c7cc(-c8ccccc8)ccc76)cc5)cc4)nc(-c4cccc(-c5ccccc5)c4)n3)c2)cc1. The van der Waals surface area contributed by atoms with Gasteiger partial charge in [-0.15, -0.1) is 0 Å². The van der Waals surface area contributed by atoms with Crippen molar-refractivity contribution in [2.45, 2.75) is 0 Å². The van der Waals surface area contributed by atoms with Crippen LogP contribution in [-0.2, 0) is 0 Å². The number of para-hydroxylation sites is 2. The fourth-order valence-corrected chi connectivity index (χ4v) is 16.7. The van der Waals surface area contributed by atoms with E-state index in [1.165, 1.54) is 77.0 Å². The summed E-state index contributed by atoms with van der Waals surface area (Å²) in [7, 11) is 0. The molecule has 0 unspecified atom stereocenters. The predicted octanol–water partition coefficient (Wildman–Crippen LogP) is 29.3. The summed E-state index contributed by atoms with van der Waals surface area (Å²) >= 11 is 0. The molecule has 0 N–H and O–H groups in total. The van der Waals surface area contributed by atoms with Crippen LogP contribution < -0.4 is 0 Å². The van der Waals surface area contributed by atoms with Gasteiger partial charge in [0.1, 0.15) is 0 Å². The molecule has 122 heavy (non-hydrogen) atoms. The summed E-state index contributed by atoms with van der Waals surface area (Å²) < 4.78 is 4.74. The summed E-state index contributed by atoms with van der Waals surface area (Å²) in [5.41, 5.74) is 31.1. The van der Waals surface area contributed by atoms with Crippen LogP contribution in [0, 0.1) is 0 Å². The first kappa shape index (κ1) is 73.2. The Morgan fingerprint density at radius 2 is 0.295 bits per heavy atom. The highest BCUT2D eigenvalue weighted by molar-refractivity contribution is 6.12. The van der Waals surface area contributed by atoms with E-state index in [1.807, 2.05) is 24.3 Å². The van der Waals surface area contributed by atoms with E-state index in [0.717, 1.165) is 100 Å². The molecule has 4 aromatic heterocycles. The fraction of sp³-hybridized carbons (Fsp3) is 0. The van der Waals surface area contributed by atoms with Crippen molar-refractivity contribution in [1.82, 2.24) is 39.0 Å². The smallest absolute Gasteiger partial charge is 0.164 e. The number of rotatable bonds is 16. The molecular weight excluding hydrogens is 1480 g/mol. The maximum Gasteiger partial charge on any atom is 0.164 e. The van der Waals surface area contributed by atoms with Gasteiger partial charge in [0.15, 0.2) is 34.9 Å². The minimum absolute atomic E-state index is 0.624. The van der Waals surface area contributed by atoms with Crippen LogP contribution in [0.2, 0.25) is 0 Å². The third-order valence-electron chi connectivity index (χ3n) is 23.0. The van der Waals surface area contributed by atoms with E-state index >= 15 is 0 Å². The first-order valence-electron chi connectivity index (χ1n) is 41.2. The fourth-order valence-electron chi connectivity index (χ4n) is 16.7. The summed E-state index contributed by atoms with van der Waals surface area (Å²) in [5, 5.41) is 4.98. The molecule has 0 aliphatic carbocycles. The van der Waals surface area contributed by atoms with Gasteiger partial charge in [0.2, 0.25) is 0 Å². The molecule has 22 aromatic rings. The van der Waals surface area contributed by atoms with Crippen molar-refractivity contribution in [3.63, 3.8) is 0 Å². The van der Waals surface area contributed by atoms with Crippen LogP contribution in [-0.4, -0.2) is 39.0 Å². The maximum atomic E-state index is 5.10. The van der Waals surface area contributed by atoms with Crippen LogP contribution >= 0.6 is 0 Å². The van der Waals surface area contributed by atoms with Gasteiger partial charge in [0.25, 0.3) is 0 Å². The van der Waals surface area contributed by atoms with Crippen LogP contribution in [0.3, 0.4) is 0 Å². The molecule has 22 rings (SSSR count). The highest BCUT2D eigenvalue weighted by Gasteiger charge is 2.21. The average Bonchev–Trinajstić information content (AvgIpc) is 1.59. The molecule has 0 spiro atoms. The van der Waals surface area contributed by atoms with E-state index < -0.39 is 0 Å². The molecule has 0 amide bonds. The van der Waals surface area contributed by atoms with Crippen LogP contribution in [0.4, 0.5) is 0 Å². The maximum absolute atomic E-state index is 5.10. The summed E-state index contributed by atoms with van der Waals surface area (Å²) in [5.74, 6) is 3.77. The summed E-state index contributed by atoms with van der Waals surface area (Å²) in [6, 6.07) is 162. The summed E-state index contributed by atoms with van der Waals surface area (Å²) in [6.07, 6.45) is 0. The standard InChI is InChI=1S/2C57H38N4/c1-4-14-39(15-5-1)45-20-12-22-48(36-45)56-58-55(59-57(60-56)49-23-13-21-46(37-49)40-16-6-2-7-17-40)44-28-26-42(27-29-44)43-30-33-50(34-31-43)61-53-25-11-10-24-51(53)52-38-47(32-35-54(52)61)41-18-8-3-9-19-41;1-4-12-39(13-5-1)42-20-26-46(27-21-42)55-58-56(47-28-22-43(23-29-47)40-14-6-2-7-15-40)60-57(59-55)48-30-24-44(25-31-48)45-32-35-50(36-33-45)61-53-19-11-10-18-51(53)52-38-49(34-37-54(52)61)41-16-8-3-9-17-41/h2*1-38H. The molecule has 0 saturated carbocycles. The van der Waals surface area contributed by atoms with E-state index in [4.69, 9.17) is 29.9 Å². The van der Waals surface area contributed by atoms with Gasteiger partial charge in [0, 0.05) is 66.3 Å². The largest absolute Gasteiger partial charge is 0.309 e. The quantitative estimate of drug-likeness (QED) is 0.0958. The Labute approximate surface area is 707 Å². The first-order chi connectivity index (χ1) is 60.4. The number of hydrogen-bond donors (Lipinski definition) is 0. The average molecular weight is 1560 g/mol. The lowest BCUT2D eigenvalue weighted by atomic mass is 10.0. The van der Waals surface area contributed by atoms with E-state index in [9.17, 15) is 0 Å². The van der Waals surface area contributed by atoms with Crippen LogP contribution in [0.15, 0.2) is 461 Å². The number of benzene rings is 18. The van der Waals surface area contributed by atoms with E-state index in [-0.39, 0.29) is 0 Å². The molecule has 4 heterocycles. The van der Waals surface area contributed by atoms with Gasteiger partial charge in [0.05, 0.1) is 22.1 Å². The highest BCUT2D eigenvalue weighted by atomic mass is 15.0. The van der Waals surface area contributed by atoms with Crippen molar-refractivity contribution >= 4 is 43.6 Å². The minimum atomic E-state index is 0.624. The van der Waals surface area contributed by atoms with Gasteiger partial charge in [-0.2, -0.15) is 0 Å². The van der Waals surface area contributed by atoms with Crippen LogP contribution in [0.5, 0.6) is 0 Å². The number of hydrogen-bond acceptors (Lipinski definition) is 6. The van der Waals surface area contributed by atoms with E-state index in [1.54, 1.807) is 0 Å². The van der Waals surface area contributed by atoms with Gasteiger partial charge < -0.3 is 9.13 Å². The van der Waals surface area contributed by atoms with Gasteiger partial charge in [-0.25, -0.2) is 29.9 Å². The van der Waals surface area contributed by atoms with Crippen molar-refractivity contribution in [1.29, 1.82) is 0 Å². The molecule has 0 saturated heterocycles. The minimum Gasteiger partial charge on any atom is -0.309 e. The van der Waals surface area contributed by atoms with Gasteiger partial charge in [-0.1, -0.05) is 388 Å². The second kappa shape index (κ2) is 32.6. The molecule has 0 bridgehead atoms. The number of nitrogens with zero attached hydrogens (tertiary/aromatic N) is 8. The Bertz CT molecular complexity index is 7310. The highest BCUT2D eigenvalue weighted by Crippen LogP contribution is 2.41. The Balaban J connectivity index is 0.000000150. The molecule has 8 nitrogen and oxygen atoms in total. The zero-order valence-electron chi connectivity index (χ0n) is 66.5. The number of aromatic nitrogens is 8. The van der Waals surface area contributed by atoms with Crippen molar-refractivity contribution in [2.75, 3.05) is 0 Å². The second-order valence-electron chi connectivity index (χ2n) is 30.5. The lowest BCUT2D eigenvalue weighted by Crippen LogP contribution is -2.00. The molecule has 0 fully saturated rings. The van der Waals surface area contributed by atoms with Crippen LogP contribution in [0.1, 0.15) is 0 Å². The predicted molar refractivity (Wildman–Crippen MR) is 504 cm³/mol. The summed E-state index contributed by atoms with van der Waals surface area (Å²) in [4.78, 5) is 30.4. The monoisotopic (exact) mass is 1560 g/mol. The lowest BCUT2D eigenvalue weighted by Gasteiger charge is -2.11. The molecule has 0 radical (unpaired) electrons. The van der Waals surface area contributed by atoms with Gasteiger partial charge >= 0.3 is 0 Å². The lowest BCUT2D eigenvalue weighted by molar-refractivity contribution is 1.07. The molecule has 0 aliphatic heterocycles. The summed E-state index contributed by atoms with van der Waals surface area (Å²) in [6.45, 7) is 0. The third-order valence-corrected chi connectivity index (χ3v) is 23.0. The Kier molecular flexibility index (Phi) is 19.6. The van der Waals surface area contributed by atoms with Crippen molar-refractivity contribution in [2.24, 2.45) is 0 Å². The molecular formula is C114H76N8. The molecule has 572 valence electrons. The molecule has 18 aromatic carbocycles. The molecule has 0 atom stereocenters. The Hall–Kier alpha value is -16.4. The Morgan fingerprint density at radius 1 is 0.115 bits per heavy atom. The van der Waals surface area contributed by atoms with Gasteiger partial charge in [-0.05, 0) is 162 Å². The van der Waals surface area contributed by atoms with Crippen LogP contribution in [0.25, 0.3) is 212 Å². The van der Waals surface area contributed by atoms with Crippen molar-refractivity contribution < 1.29 is 0 Å². The third kappa shape index (κ3) is 14.8. The second-order valence-corrected chi connectivity index (χ2v) is 30.5. The number of fused-ring (bicyclic) bond motifs is 6. The van der Waals surface area contributed by atoms with E-state index in [0.29, 0.717) is 34.9 Å². The zero-order chi connectivity index (χ0) is 81.1. The zero-order valence-corrected chi connectivity index (χ0v) is 66.5. The van der Waals surface area contributed by atoms with E-state index in [2.05, 4.69) is 446 Å². The van der Waals surface area contributed by atoms with Gasteiger partial charge in [-0.3, -0.25) is 0 Å². The molecule has 8 heteroatoms. The first-order valence-corrected chi connectivity index (χ1v) is 41.2. The van der Waals surface area contributed by atoms with Crippen molar-refractivity contribution in [3.8, 4) is 169 Å². The normalized spacial score (nSPS) is 11.3. The molecule has 0 aliphatic rings. The van der Waals surface area contributed by atoms with Crippen molar-refractivity contribution in [3.05, 3.63) is 461 Å². The Morgan fingerprint density at radius 3 is 0.574 bits per heavy atom. The topological polar surface area (TPSA) is 87.2 Å².